The van der Waals surface area contributed by atoms with Crippen LogP contribution in [-0.4, -0.2) is 22.4 Å². The van der Waals surface area contributed by atoms with Gasteiger partial charge < -0.3 is 4.74 Å². The minimum absolute atomic E-state index is 0.753. The largest absolute Gasteiger partial charge is 0.457 e. The van der Waals surface area contributed by atoms with Crippen molar-refractivity contribution < 1.29 is 4.74 Å². The highest BCUT2D eigenvalue weighted by Gasteiger charge is 2.49. The van der Waals surface area contributed by atoms with Crippen LogP contribution in [0.2, 0.25) is 0 Å². The first-order valence-corrected chi connectivity index (χ1v) is 22.0. The monoisotopic (exact) mass is 764 g/mol. The molecule has 11 aromatic rings. The molecule has 12 rings (SSSR count). The molecular weight excluding hydrogens is 733 g/mol. The highest BCUT2D eigenvalue weighted by Crippen LogP contribution is 2.44. The molecule has 0 saturated heterocycles. The number of pyridine rings is 2. The second-order valence-corrected chi connectivity index (χ2v) is 19.4. The molecule has 5 nitrogen and oxygen atoms in total. The average Bonchev–Trinajstić information content (AvgIpc) is 3.92. The number of para-hydroxylation sites is 1. The topological polar surface area (TPSA) is 42.7 Å². The van der Waals surface area contributed by atoms with E-state index >= 15 is 0 Å². The third kappa shape index (κ3) is 4.73. The molecule has 0 bridgehead atoms. The second kappa shape index (κ2) is 12.5. The predicted octanol–water partition coefficient (Wildman–Crippen LogP) is 10.4. The van der Waals surface area contributed by atoms with Gasteiger partial charge in [-0.2, -0.15) is 0 Å². The number of hydrogen-bond acceptors (Lipinski definition) is 5. The number of benzene rings is 7. The first-order valence-electron chi connectivity index (χ1n) is 19.1. The standard InChI is InChI=1S/C50H32N4OSSi/c1-3-13-35(14-4-1)57(36-15-5-2-6-16-36)47-25-23-34(55-33-22-24-37-38-17-7-9-19-42(38)53-28-27-52-50(53)41(37)29-33)30-43(47)54(49-21-11-12-26-51-49)44-31-40-39-18-8-10-20-45(39)56-46(40)32-48(44)57/h1-32H. The predicted molar refractivity (Wildman–Crippen MR) is 239 cm³/mol. The molecule has 0 radical (unpaired) electrons. The van der Waals surface area contributed by atoms with Crippen molar-refractivity contribution in [2.45, 2.75) is 0 Å². The number of nitrogens with zero attached hydrogens (tertiary/aromatic N) is 4. The maximum atomic E-state index is 6.89. The van der Waals surface area contributed by atoms with Gasteiger partial charge in [0.05, 0.1) is 11.2 Å². The van der Waals surface area contributed by atoms with Crippen molar-refractivity contribution in [1.82, 2.24) is 14.4 Å². The fourth-order valence-corrected chi connectivity index (χ4v) is 15.6. The maximum Gasteiger partial charge on any atom is 0.184 e. The highest BCUT2D eigenvalue weighted by molar-refractivity contribution is 7.26. The molecule has 0 fully saturated rings. The van der Waals surface area contributed by atoms with Crippen molar-refractivity contribution in [3.63, 3.8) is 0 Å². The Morgan fingerprint density at radius 3 is 1.98 bits per heavy atom. The Bertz CT molecular complexity index is 3310. The first kappa shape index (κ1) is 32.2. The third-order valence-corrected chi connectivity index (χ3v) is 17.6. The Morgan fingerprint density at radius 2 is 1.18 bits per heavy atom. The van der Waals surface area contributed by atoms with E-state index in [1.54, 1.807) is 0 Å². The molecule has 1 aliphatic heterocycles. The number of rotatable bonds is 5. The molecule has 57 heavy (non-hydrogen) atoms. The summed E-state index contributed by atoms with van der Waals surface area (Å²) in [4.78, 5) is 12.2. The Hall–Kier alpha value is -7.06. The molecule has 7 aromatic carbocycles. The lowest BCUT2D eigenvalue weighted by atomic mass is 10.1. The Kier molecular flexibility index (Phi) is 7.05. The Balaban J connectivity index is 1.13. The molecule has 5 heterocycles. The number of hydrogen-bond donors (Lipinski definition) is 0. The molecule has 0 amide bonds. The van der Waals surface area contributed by atoms with Crippen molar-refractivity contribution in [3.05, 3.63) is 195 Å². The van der Waals surface area contributed by atoms with E-state index < -0.39 is 8.07 Å². The fourth-order valence-electron chi connectivity index (χ4n) is 9.25. The zero-order valence-electron chi connectivity index (χ0n) is 30.6. The molecular formula is C50H32N4OSSi. The lowest BCUT2D eigenvalue weighted by molar-refractivity contribution is 0.484. The molecule has 4 aromatic heterocycles. The summed E-state index contributed by atoms with van der Waals surface area (Å²) in [6.45, 7) is 0. The Labute approximate surface area is 333 Å². The summed E-state index contributed by atoms with van der Waals surface area (Å²) in [6, 6.07) is 63.7. The number of thiophene rings is 1. The van der Waals surface area contributed by atoms with Crippen LogP contribution in [0.15, 0.2) is 195 Å². The molecule has 0 aliphatic carbocycles. The number of imidazole rings is 1. The minimum Gasteiger partial charge on any atom is -0.457 e. The van der Waals surface area contributed by atoms with Crippen LogP contribution in [0.3, 0.4) is 0 Å². The SMILES string of the molecule is c1ccc([Si]2(c3ccccc3)c3ccc(Oc4ccc5c6ccccc6n6ccnc6c5c4)cc3N(c3ccccn3)c3cc4c(cc32)sc2ccccc24)cc1. The van der Waals surface area contributed by atoms with Crippen LogP contribution < -0.4 is 30.4 Å². The highest BCUT2D eigenvalue weighted by atomic mass is 32.1. The molecule has 0 atom stereocenters. The number of anilines is 3. The van der Waals surface area contributed by atoms with E-state index in [0.717, 1.165) is 50.6 Å². The van der Waals surface area contributed by atoms with Gasteiger partial charge in [-0.15, -0.1) is 11.3 Å². The van der Waals surface area contributed by atoms with Gasteiger partial charge in [0, 0.05) is 61.3 Å². The van der Waals surface area contributed by atoms with Gasteiger partial charge in [-0.25, -0.2) is 9.97 Å². The van der Waals surface area contributed by atoms with E-state index in [1.807, 2.05) is 36.0 Å². The fraction of sp³-hybridized carbons (Fsp3) is 0. The van der Waals surface area contributed by atoms with E-state index in [0.29, 0.717) is 0 Å². The normalized spacial score (nSPS) is 13.4. The number of aromatic nitrogens is 3. The van der Waals surface area contributed by atoms with E-state index in [4.69, 9.17) is 14.7 Å². The summed E-state index contributed by atoms with van der Waals surface area (Å²) in [5.74, 6) is 2.37. The zero-order chi connectivity index (χ0) is 37.5. The van der Waals surface area contributed by atoms with Gasteiger partial charge in [0.15, 0.2) is 8.07 Å². The molecule has 268 valence electrons. The van der Waals surface area contributed by atoms with Crippen LogP contribution in [0.1, 0.15) is 0 Å². The molecule has 1 aliphatic rings. The van der Waals surface area contributed by atoms with Gasteiger partial charge in [-0.05, 0) is 86.8 Å². The summed E-state index contributed by atoms with van der Waals surface area (Å²) in [5, 5.41) is 11.2. The molecule has 0 N–H and O–H groups in total. The van der Waals surface area contributed by atoms with E-state index in [2.05, 4.69) is 179 Å². The van der Waals surface area contributed by atoms with Gasteiger partial charge >= 0.3 is 0 Å². The van der Waals surface area contributed by atoms with E-state index in [1.165, 1.54) is 46.3 Å². The smallest absolute Gasteiger partial charge is 0.184 e. The van der Waals surface area contributed by atoms with Crippen LogP contribution in [0.5, 0.6) is 11.5 Å². The van der Waals surface area contributed by atoms with Gasteiger partial charge in [0.1, 0.15) is 23.0 Å². The average molecular weight is 765 g/mol. The van der Waals surface area contributed by atoms with Crippen LogP contribution in [0, 0.1) is 0 Å². The maximum absolute atomic E-state index is 6.89. The van der Waals surface area contributed by atoms with Crippen LogP contribution in [-0.2, 0) is 0 Å². The van der Waals surface area contributed by atoms with E-state index in [9.17, 15) is 0 Å². The number of ether oxygens (including phenoxy) is 1. The van der Waals surface area contributed by atoms with Gasteiger partial charge in [-0.3, -0.25) is 9.30 Å². The van der Waals surface area contributed by atoms with Crippen LogP contribution in [0.4, 0.5) is 17.2 Å². The summed E-state index contributed by atoms with van der Waals surface area (Å²) < 4.78 is 11.6. The van der Waals surface area contributed by atoms with Crippen LogP contribution >= 0.6 is 11.3 Å². The van der Waals surface area contributed by atoms with Crippen LogP contribution in [0.25, 0.3) is 47.5 Å². The van der Waals surface area contributed by atoms with Crippen molar-refractivity contribution in [2.24, 2.45) is 0 Å². The van der Waals surface area contributed by atoms with Crippen molar-refractivity contribution in [1.29, 1.82) is 0 Å². The van der Waals surface area contributed by atoms with Gasteiger partial charge in [-0.1, -0.05) is 109 Å². The quantitative estimate of drug-likeness (QED) is 0.129. The summed E-state index contributed by atoms with van der Waals surface area (Å²) in [7, 11) is -2.95. The molecule has 0 saturated carbocycles. The summed E-state index contributed by atoms with van der Waals surface area (Å²) in [6.07, 6.45) is 5.78. The van der Waals surface area contributed by atoms with Gasteiger partial charge in [0.25, 0.3) is 0 Å². The second-order valence-electron chi connectivity index (χ2n) is 14.6. The van der Waals surface area contributed by atoms with Crippen molar-refractivity contribution in [2.75, 3.05) is 4.90 Å². The first-order chi connectivity index (χ1) is 28.3. The molecule has 0 spiro atoms. The minimum atomic E-state index is -2.95. The zero-order valence-corrected chi connectivity index (χ0v) is 32.4. The van der Waals surface area contributed by atoms with Gasteiger partial charge in [0.2, 0.25) is 0 Å². The lowest BCUT2D eigenvalue weighted by Crippen LogP contribution is -2.77. The molecule has 0 unspecified atom stereocenters. The Morgan fingerprint density at radius 1 is 0.474 bits per heavy atom. The number of fused-ring (bicyclic) bond motifs is 11. The summed E-state index contributed by atoms with van der Waals surface area (Å²) >= 11 is 1.87. The third-order valence-electron chi connectivity index (χ3n) is 11.6. The lowest BCUT2D eigenvalue weighted by Gasteiger charge is -2.44. The van der Waals surface area contributed by atoms with Crippen molar-refractivity contribution >= 4 is 105 Å². The molecule has 7 heteroatoms. The van der Waals surface area contributed by atoms with Crippen molar-refractivity contribution in [3.8, 4) is 11.5 Å². The summed E-state index contributed by atoms with van der Waals surface area (Å²) in [5.41, 5.74) is 4.26. The van der Waals surface area contributed by atoms with E-state index in [-0.39, 0.29) is 0 Å².